The van der Waals surface area contributed by atoms with Crippen molar-refractivity contribution in [3.63, 3.8) is 0 Å². The molecule has 6 heteroatoms. The number of hydrogen-bond donors (Lipinski definition) is 4. The van der Waals surface area contributed by atoms with E-state index in [1.54, 1.807) is 13.8 Å². The van der Waals surface area contributed by atoms with Gasteiger partial charge in [0.05, 0.1) is 13.2 Å². The second-order valence-corrected chi connectivity index (χ2v) is 3.17. The highest BCUT2D eigenvalue weighted by Crippen LogP contribution is 1.85. The van der Waals surface area contributed by atoms with Crippen molar-refractivity contribution in [3.05, 3.63) is 0 Å². The third-order valence-electron chi connectivity index (χ3n) is 1.43. The van der Waals surface area contributed by atoms with Crippen LogP contribution < -0.4 is 10.6 Å². The van der Waals surface area contributed by atoms with Gasteiger partial charge in [0, 0.05) is 6.04 Å². The number of nitrogens with one attached hydrogen (secondary N) is 2. The van der Waals surface area contributed by atoms with E-state index < -0.39 is 24.5 Å². The number of rotatable bonds is 6. The number of hydrogen-bond acceptors (Lipinski definition) is 4. The molecule has 0 saturated carbocycles. The van der Waals surface area contributed by atoms with Crippen molar-refractivity contribution >= 4 is 11.9 Å². The minimum atomic E-state index is -1.07. The quantitative estimate of drug-likeness (QED) is 0.424. The summed E-state index contributed by atoms with van der Waals surface area (Å²) in [6, 6.07) is -0.906. The number of aliphatic hydroxyl groups is 1. The predicted octanol–water partition coefficient (Wildman–Crippen LogP) is -1.45. The van der Waals surface area contributed by atoms with E-state index in [9.17, 15) is 9.59 Å². The molecule has 0 bridgehead atoms. The summed E-state index contributed by atoms with van der Waals surface area (Å²) < 4.78 is 0. The largest absolute Gasteiger partial charge is 0.480 e. The fraction of sp³-hybridized carbons (Fsp3) is 0.750. The number of carboxylic acids is 1. The van der Waals surface area contributed by atoms with E-state index in [2.05, 4.69) is 10.6 Å². The Hall–Kier alpha value is -1.14. The van der Waals surface area contributed by atoms with Crippen molar-refractivity contribution in [1.82, 2.24) is 10.6 Å². The number of aliphatic hydroxyl groups excluding tert-OH is 1. The molecule has 14 heavy (non-hydrogen) atoms. The molecule has 1 atom stereocenters. The Morgan fingerprint density at radius 1 is 1.36 bits per heavy atom. The average Bonchev–Trinajstić information content (AvgIpc) is 2.03. The zero-order valence-corrected chi connectivity index (χ0v) is 8.28. The van der Waals surface area contributed by atoms with E-state index in [0.29, 0.717) is 0 Å². The molecule has 0 unspecified atom stereocenters. The highest BCUT2D eigenvalue weighted by atomic mass is 16.4. The smallest absolute Gasteiger partial charge is 0.317 e. The predicted molar refractivity (Wildman–Crippen MR) is 49.8 cm³/mol. The molecule has 0 spiro atoms. The molecule has 0 aromatic carbocycles. The van der Waals surface area contributed by atoms with Gasteiger partial charge in [-0.1, -0.05) is 0 Å². The Kier molecular flexibility index (Phi) is 5.82. The summed E-state index contributed by atoms with van der Waals surface area (Å²) in [5, 5.41) is 22.1. The summed E-state index contributed by atoms with van der Waals surface area (Å²) in [6.07, 6.45) is 0. The third-order valence-corrected chi connectivity index (χ3v) is 1.43. The monoisotopic (exact) mass is 204 g/mol. The summed E-state index contributed by atoms with van der Waals surface area (Å²) in [5.74, 6) is -1.47. The molecule has 6 nitrogen and oxygen atoms in total. The topological polar surface area (TPSA) is 98.7 Å². The Bertz CT molecular complexity index is 206. The molecule has 0 aromatic heterocycles. The molecule has 1 amide bonds. The van der Waals surface area contributed by atoms with E-state index in [-0.39, 0.29) is 12.6 Å². The van der Waals surface area contributed by atoms with Crippen molar-refractivity contribution in [3.8, 4) is 0 Å². The highest BCUT2D eigenvalue weighted by molar-refractivity contribution is 5.82. The maximum atomic E-state index is 11.3. The van der Waals surface area contributed by atoms with Crippen molar-refractivity contribution in [2.45, 2.75) is 25.9 Å². The number of carboxylic acid groups (broad SMARTS) is 1. The lowest BCUT2D eigenvalue weighted by atomic mass is 10.2. The van der Waals surface area contributed by atoms with Crippen LogP contribution in [0.5, 0.6) is 0 Å². The molecule has 0 aromatic rings. The molecule has 82 valence electrons. The maximum absolute atomic E-state index is 11.3. The van der Waals surface area contributed by atoms with Gasteiger partial charge < -0.3 is 15.5 Å². The molecule has 0 rings (SSSR count). The molecule has 0 aliphatic carbocycles. The molecule has 0 aliphatic heterocycles. The average molecular weight is 204 g/mol. The van der Waals surface area contributed by atoms with Crippen LogP contribution in [0, 0.1) is 0 Å². The van der Waals surface area contributed by atoms with Gasteiger partial charge in [0.15, 0.2) is 0 Å². The van der Waals surface area contributed by atoms with Gasteiger partial charge in [-0.25, -0.2) is 0 Å². The number of aliphatic carboxylic acids is 1. The van der Waals surface area contributed by atoms with Crippen LogP contribution in [-0.4, -0.2) is 47.3 Å². The van der Waals surface area contributed by atoms with Gasteiger partial charge in [-0.05, 0) is 13.8 Å². The maximum Gasteiger partial charge on any atom is 0.317 e. The first kappa shape index (κ1) is 12.9. The molecule has 0 aliphatic rings. The molecule has 0 saturated heterocycles. The Morgan fingerprint density at radius 3 is 2.29 bits per heavy atom. The van der Waals surface area contributed by atoms with Gasteiger partial charge in [-0.3, -0.25) is 14.9 Å². The molecule has 0 heterocycles. The lowest BCUT2D eigenvalue weighted by Crippen LogP contribution is -2.49. The molecule has 0 radical (unpaired) electrons. The zero-order valence-electron chi connectivity index (χ0n) is 8.28. The van der Waals surface area contributed by atoms with Crippen molar-refractivity contribution < 1.29 is 19.8 Å². The zero-order chi connectivity index (χ0) is 11.1. The van der Waals surface area contributed by atoms with E-state index in [0.717, 1.165) is 0 Å². The SMILES string of the molecule is CC(C)NC(=O)[C@H](CO)NCC(=O)O. The van der Waals surface area contributed by atoms with Crippen LogP contribution in [0.3, 0.4) is 0 Å². The fourth-order valence-electron chi connectivity index (χ4n) is 0.836. The number of carbonyl (C=O) groups excluding carboxylic acids is 1. The second-order valence-electron chi connectivity index (χ2n) is 3.17. The standard InChI is InChI=1S/C8H16N2O4/c1-5(2)10-8(14)6(4-11)9-3-7(12)13/h5-6,9,11H,3-4H2,1-2H3,(H,10,14)(H,12,13)/t6-/m0/s1. The van der Waals surface area contributed by atoms with Gasteiger partial charge in [-0.15, -0.1) is 0 Å². The summed E-state index contributed by atoms with van der Waals surface area (Å²) >= 11 is 0. The number of amides is 1. The second kappa shape index (κ2) is 6.33. The van der Waals surface area contributed by atoms with E-state index in [1.165, 1.54) is 0 Å². The fourth-order valence-corrected chi connectivity index (χ4v) is 0.836. The Morgan fingerprint density at radius 2 is 1.93 bits per heavy atom. The van der Waals surface area contributed by atoms with Gasteiger partial charge in [0.2, 0.25) is 5.91 Å². The summed E-state index contributed by atoms with van der Waals surface area (Å²) in [6.45, 7) is 2.79. The van der Waals surface area contributed by atoms with E-state index in [4.69, 9.17) is 10.2 Å². The van der Waals surface area contributed by atoms with Crippen LogP contribution in [0.15, 0.2) is 0 Å². The molecular formula is C8H16N2O4. The van der Waals surface area contributed by atoms with Crippen molar-refractivity contribution in [2.24, 2.45) is 0 Å². The minimum Gasteiger partial charge on any atom is -0.480 e. The Labute approximate surface area is 82.3 Å². The normalized spacial score (nSPS) is 12.6. The summed E-state index contributed by atoms with van der Waals surface area (Å²) in [7, 11) is 0. The first-order valence-corrected chi connectivity index (χ1v) is 4.33. The number of carbonyl (C=O) groups is 2. The van der Waals surface area contributed by atoms with E-state index in [1.807, 2.05) is 0 Å². The van der Waals surface area contributed by atoms with Crippen LogP contribution in [0.2, 0.25) is 0 Å². The van der Waals surface area contributed by atoms with Crippen molar-refractivity contribution in [2.75, 3.05) is 13.2 Å². The minimum absolute atomic E-state index is 0.0387. The van der Waals surface area contributed by atoms with Gasteiger partial charge in [0.25, 0.3) is 0 Å². The molecule has 0 fully saturated rings. The third kappa shape index (κ3) is 5.50. The van der Waals surface area contributed by atoms with Crippen LogP contribution in [0.25, 0.3) is 0 Å². The highest BCUT2D eigenvalue weighted by Gasteiger charge is 2.17. The van der Waals surface area contributed by atoms with Gasteiger partial charge in [-0.2, -0.15) is 0 Å². The van der Waals surface area contributed by atoms with Crippen LogP contribution >= 0.6 is 0 Å². The Balaban J connectivity index is 3.99. The van der Waals surface area contributed by atoms with E-state index >= 15 is 0 Å². The molecular weight excluding hydrogens is 188 g/mol. The molecule has 4 N–H and O–H groups in total. The first-order valence-electron chi connectivity index (χ1n) is 4.33. The van der Waals surface area contributed by atoms with Gasteiger partial charge in [0.1, 0.15) is 6.04 Å². The summed E-state index contributed by atoms with van der Waals surface area (Å²) in [4.78, 5) is 21.5. The van der Waals surface area contributed by atoms with Crippen LogP contribution in [0.1, 0.15) is 13.8 Å². The lowest BCUT2D eigenvalue weighted by molar-refractivity contribution is -0.136. The van der Waals surface area contributed by atoms with Crippen LogP contribution in [0.4, 0.5) is 0 Å². The first-order chi connectivity index (χ1) is 6.47. The van der Waals surface area contributed by atoms with Crippen LogP contribution in [-0.2, 0) is 9.59 Å². The summed E-state index contributed by atoms with van der Waals surface area (Å²) in [5.41, 5.74) is 0. The van der Waals surface area contributed by atoms with Gasteiger partial charge >= 0.3 is 5.97 Å². The van der Waals surface area contributed by atoms with Crippen molar-refractivity contribution in [1.29, 1.82) is 0 Å². The lowest BCUT2D eigenvalue weighted by Gasteiger charge is -2.16.